The molecular formula is C14H22N4OS. The first-order valence-electron chi connectivity index (χ1n) is 6.96. The van der Waals surface area contributed by atoms with Gasteiger partial charge in [0.2, 0.25) is 0 Å². The lowest BCUT2D eigenvalue weighted by molar-refractivity contribution is 0.0945. The summed E-state index contributed by atoms with van der Waals surface area (Å²) in [5, 5.41) is 2.96. The first-order chi connectivity index (χ1) is 9.41. The van der Waals surface area contributed by atoms with Gasteiger partial charge in [0.25, 0.3) is 5.91 Å². The van der Waals surface area contributed by atoms with E-state index in [1.54, 1.807) is 0 Å². The van der Waals surface area contributed by atoms with Crippen molar-refractivity contribution in [3.05, 3.63) is 17.7 Å². The van der Waals surface area contributed by atoms with Crippen LogP contribution < -0.4 is 11.1 Å². The monoisotopic (exact) mass is 294 g/mol. The summed E-state index contributed by atoms with van der Waals surface area (Å²) < 4.78 is 0.137. The third-order valence-electron chi connectivity index (χ3n) is 3.49. The maximum Gasteiger partial charge on any atom is 0.272 e. The molecule has 1 aliphatic rings. The predicted octanol–water partition coefficient (Wildman–Crippen LogP) is 2.20. The highest BCUT2D eigenvalue weighted by Gasteiger charge is 2.30. The second-order valence-corrected chi connectivity index (χ2v) is 7.45. The third kappa shape index (κ3) is 3.42. The van der Waals surface area contributed by atoms with E-state index in [0.717, 1.165) is 6.42 Å². The van der Waals surface area contributed by atoms with Crippen LogP contribution in [0.3, 0.4) is 0 Å². The molecule has 5 nitrogen and oxygen atoms in total. The lowest BCUT2D eigenvalue weighted by Crippen LogP contribution is -2.37. The summed E-state index contributed by atoms with van der Waals surface area (Å²) in [6.45, 7) is 6.82. The highest BCUT2D eigenvalue weighted by atomic mass is 32.2. The van der Waals surface area contributed by atoms with Crippen molar-refractivity contribution in [3.8, 4) is 0 Å². The molecule has 0 radical (unpaired) electrons. The molecule has 6 heteroatoms. The third-order valence-corrected chi connectivity index (χ3v) is 5.03. The number of nitrogens with zero attached hydrogens (tertiary/aromatic N) is 2. The Hall–Kier alpha value is -1.30. The summed E-state index contributed by atoms with van der Waals surface area (Å²) in [6.07, 6.45) is 3.86. The molecular weight excluding hydrogens is 272 g/mol. The number of nitrogen functional groups attached to an aromatic ring is 1. The fourth-order valence-electron chi connectivity index (χ4n) is 2.19. The van der Waals surface area contributed by atoms with Gasteiger partial charge in [0.05, 0.1) is 11.9 Å². The van der Waals surface area contributed by atoms with Crippen LogP contribution in [0, 0.1) is 0 Å². The van der Waals surface area contributed by atoms with Gasteiger partial charge in [-0.15, -0.1) is 0 Å². The zero-order chi connectivity index (χ0) is 14.8. The molecule has 2 rings (SSSR count). The molecule has 1 atom stereocenters. The van der Waals surface area contributed by atoms with Crippen LogP contribution in [0.15, 0.2) is 6.20 Å². The smallest absolute Gasteiger partial charge is 0.272 e. The molecule has 1 aromatic rings. The van der Waals surface area contributed by atoms with Crippen LogP contribution in [0.2, 0.25) is 0 Å². The Kier molecular flexibility index (Phi) is 4.52. The summed E-state index contributed by atoms with van der Waals surface area (Å²) in [5.41, 5.74) is 6.43. The van der Waals surface area contributed by atoms with Gasteiger partial charge in [0.15, 0.2) is 5.69 Å². The van der Waals surface area contributed by atoms with Crippen molar-refractivity contribution in [1.82, 2.24) is 15.3 Å². The number of carbonyl (C=O) groups excluding carboxylic acids is 1. The average molecular weight is 294 g/mol. The SMILES string of the molecule is CC(C)c1ncc(N)c(C(=O)NCC2(C)CCCS2)n1. The van der Waals surface area contributed by atoms with Crippen LogP contribution in [-0.4, -0.2) is 32.9 Å². The average Bonchev–Trinajstić information content (AvgIpc) is 2.84. The van der Waals surface area contributed by atoms with E-state index in [1.807, 2.05) is 25.6 Å². The lowest BCUT2D eigenvalue weighted by Gasteiger charge is -2.22. The largest absolute Gasteiger partial charge is 0.396 e. The van der Waals surface area contributed by atoms with Gasteiger partial charge >= 0.3 is 0 Å². The Labute approximate surface area is 124 Å². The van der Waals surface area contributed by atoms with Gasteiger partial charge in [0, 0.05) is 17.2 Å². The van der Waals surface area contributed by atoms with E-state index < -0.39 is 0 Å². The van der Waals surface area contributed by atoms with Crippen molar-refractivity contribution in [2.45, 2.75) is 44.3 Å². The summed E-state index contributed by atoms with van der Waals surface area (Å²) in [4.78, 5) is 20.7. The fourth-order valence-corrected chi connectivity index (χ4v) is 3.44. The van der Waals surface area contributed by atoms with E-state index in [-0.39, 0.29) is 22.3 Å². The molecule has 2 heterocycles. The summed E-state index contributed by atoms with van der Waals surface area (Å²) >= 11 is 1.92. The fraction of sp³-hybridized carbons (Fsp3) is 0.643. The van der Waals surface area contributed by atoms with Crippen molar-refractivity contribution >= 4 is 23.4 Å². The Morgan fingerprint density at radius 2 is 2.35 bits per heavy atom. The van der Waals surface area contributed by atoms with Crippen molar-refractivity contribution in [1.29, 1.82) is 0 Å². The van der Waals surface area contributed by atoms with Gasteiger partial charge in [-0.2, -0.15) is 11.8 Å². The van der Waals surface area contributed by atoms with E-state index in [0.29, 0.717) is 18.1 Å². The molecule has 0 aromatic carbocycles. The van der Waals surface area contributed by atoms with Gasteiger partial charge in [-0.05, 0) is 25.5 Å². The van der Waals surface area contributed by atoms with Gasteiger partial charge in [-0.3, -0.25) is 4.79 Å². The summed E-state index contributed by atoms with van der Waals surface area (Å²) in [7, 11) is 0. The van der Waals surface area contributed by atoms with Crippen LogP contribution in [0.5, 0.6) is 0 Å². The van der Waals surface area contributed by atoms with Crippen LogP contribution in [0.1, 0.15) is 55.8 Å². The minimum Gasteiger partial charge on any atom is -0.396 e. The van der Waals surface area contributed by atoms with Crippen LogP contribution in [0.25, 0.3) is 0 Å². The molecule has 0 saturated carbocycles. The topological polar surface area (TPSA) is 80.9 Å². The maximum atomic E-state index is 12.2. The standard InChI is InChI=1S/C14H22N4OS/c1-9(2)12-16-7-10(15)11(18-12)13(19)17-8-14(3)5-4-6-20-14/h7,9H,4-6,8,15H2,1-3H3,(H,17,19). The number of rotatable bonds is 4. The Bertz CT molecular complexity index is 498. The van der Waals surface area contributed by atoms with Gasteiger partial charge in [0.1, 0.15) is 5.82 Å². The Morgan fingerprint density at radius 3 is 2.95 bits per heavy atom. The molecule has 0 aliphatic carbocycles. The van der Waals surface area contributed by atoms with Crippen LogP contribution in [-0.2, 0) is 0 Å². The molecule has 110 valence electrons. The molecule has 1 aliphatic heterocycles. The first kappa shape index (κ1) is 15.1. The summed E-state index contributed by atoms with van der Waals surface area (Å²) in [5.74, 6) is 1.77. The number of carbonyl (C=O) groups is 1. The predicted molar refractivity (Wildman–Crippen MR) is 83.0 cm³/mol. The van der Waals surface area contributed by atoms with Gasteiger partial charge in [-0.25, -0.2) is 9.97 Å². The molecule has 1 saturated heterocycles. The van der Waals surface area contributed by atoms with Crippen LogP contribution in [0.4, 0.5) is 5.69 Å². The van der Waals surface area contributed by atoms with E-state index in [1.165, 1.54) is 18.4 Å². The zero-order valence-electron chi connectivity index (χ0n) is 12.3. The number of nitrogens with two attached hydrogens (primary N) is 1. The molecule has 1 aromatic heterocycles. The lowest BCUT2D eigenvalue weighted by atomic mass is 10.1. The second-order valence-electron chi connectivity index (χ2n) is 5.77. The molecule has 0 bridgehead atoms. The maximum absolute atomic E-state index is 12.2. The highest BCUT2D eigenvalue weighted by molar-refractivity contribution is 8.00. The number of thioether (sulfide) groups is 1. The number of nitrogens with one attached hydrogen (secondary N) is 1. The van der Waals surface area contributed by atoms with Crippen molar-refractivity contribution in [2.75, 3.05) is 18.0 Å². The highest BCUT2D eigenvalue weighted by Crippen LogP contribution is 2.37. The first-order valence-corrected chi connectivity index (χ1v) is 7.94. The minimum absolute atomic E-state index is 0.137. The van der Waals surface area contributed by atoms with E-state index >= 15 is 0 Å². The summed E-state index contributed by atoms with van der Waals surface area (Å²) in [6, 6.07) is 0. The Morgan fingerprint density at radius 1 is 1.60 bits per heavy atom. The minimum atomic E-state index is -0.208. The number of aromatic nitrogens is 2. The molecule has 20 heavy (non-hydrogen) atoms. The van der Waals surface area contributed by atoms with E-state index in [4.69, 9.17) is 5.73 Å². The Balaban J connectivity index is 2.06. The van der Waals surface area contributed by atoms with Crippen LogP contribution >= 0.6 is 11.8 Å². The number of amides is 1. The normalized spacial score (nSPS) is 22.2. The molecule has 1 amide bonds. The van der Waals surface area contributed by atoms with Crippen molar-refractivity contribution in [3.63, 3.8) is 0 Å². The molecule has 1 unspecified atom stereocenters. The zero-order valence-corrected chi connectivity index (χ0v) is 13.1. The van der Waals surface area contributed by atoms with Gasteiger partial charge < -0.3 is 11.1 Å². The number of hydrogen-bond acceptors (Lipinski definition) is 5. The van der Waals surface area contributed by atoms with Crippen molar-refractivity contribution < 1.29 is 4.79 Å². The van der Waals surface area contributed by atoms with E-state index in [9.17, 15) is 4.79 Å². The second kappa shape index (κ2) is 5.99. The molecule has 1 fully saturated rings. The molecule has 3 N–H and O–H groups in total. The number of hydrogen-bond donors (Lipinski definition) is 2. The van der Waals surface area contributed by atoms with Crippen molar-refractivity contribution in [2.24, 2.45) is 0 Å². The molecule has 0 spiro atoms. The van der Waals surface area contributed by atoms with Gasteiger partial charge in [-0.1, -0.05) is 13.8 Å². The van der Waals surface area contributed by atoms with E-state index in [2.05, 4.69) is 22.2 Å². The number of anilines is 1. The quantitative estimate of drug-likeness (QED) is 0.889.